The van der Waals surface area contributed by atoms with E-state index in [1.54, 1.807) is 0 Å². The summed E-state index contributed by atoms with van der Waals surface area (Å²) < 4.78 is 0. The smallest absolute Gasteiger partial charge is 0.0300 e. The predicted molar refractivity (Wildman–Crippen MR) is 103 cm³/mol. The van der Waals surface area contributed by atoms with E-state index in [-0.39, 0.29) is 0 Å². The number of hydrogen-bond acceptors (Lipinski definition) is 2. The molecule has 1 unspecified atom stereocenters. The van der Waals surface area contributed by atoms with Crippen molar-refractivity contribution in [1.29, 1.82) is 0 Å². The minimum Gasteiger partial charge on any atom is -0.399 e. The topological polar surface area (TPSA) is 26.0 Å². The van der Waals surface area contributed by atoms with Crippen LogP contribution >= 0.6 is 12.6 Å². The van der Waals surface area contributed by atoms with E-state index in [0.717, 1.165) is 23.4 Å². The summed E-state index contributed by atoms with van der Waals surface area (Å²) in [6.07, 6.45) is 7.80. The molecular weight excluding hydrogens is 286 g/mol. The zero-order chi connectivity index (χ0) is 17.2. The molecule has 0 bridgehead atoms. The highest BCUT2D eigenvalue weighted by Crippen LogP contribution is 2.34. The van der Waals surface area contributed by atoms with Gasteiger partial charge in [-0.3, -0.25) is 0 Å². The van der Waals surface area contributed by atoms with Crippen LogP contribution in [0, 0.1) is 5.41 Å². The maximum Gasteiger partial charge on any atom is 0.0300 e. The minimum absolute atomic E-state index is 0.354. The van der Waals surface area contributed by atoms with Crippen molar-refractivity contribution in [2.45, 2.75) is 65.7 Å². The fourth-order valence-corrected chi connectivity index (χ4v) is 2.44. The van der Waals surface area contributed by atoms with Crippen molar-refractivity contribution in [3.8, 4) is 0 Å². The Morgan fingerprint density at radius 3 is 2.27 bits per heavy atom. The molecular formula is C20H33NS. The van der Waals surface area contributed by atoms with Gasteiger partial charge in [0.1, 0.15) is 0 Å². The summed E-state index contributed by atoms with van der Waals surface area (Å²) in [5.41, 5.74) is 9.64. The van der Waals surface area contributed by atoms with Gasteiger partial charge in [0.25, 0.3) is 0 Å². The van der Waals surface area contributed by atoms with Gasteiger partial charge in [-0.05, 0) is 54.9 Å². The van der Waals surface area contributed by atoms with Gasteiger partial charge < -0.3 is 5.73 Å². The molecule has 1 nitrogen and oxygen atoms in total. The van der Waals surface area contributed by atoms with Crippen molar-refractivity contribution in [2.24, 2.45) is 11.1 Å². The first-order chi connectivity index (χ1) is 10.4. The summed E-state index contributed by atoms with van der Waals surface area (Å²) in [4.78, 5) is 1.05. The Balaban J connectivity index is 0.000000366. The molecule has 0 saturated carbocycles. The largest absolute Gasteiger partial charge is 0.399 e. The van der Waals surface area contributed by atoms with E-state index in [4.69, 9.17) is 5.73 Å². The lowest BCUT2D eigenvalue weighted by Crippen LogP contribution is -2.17. The number of hydrogen-bond donors (Lipinski definition) is 2. The van der Waals surface area contributed by atoms with Crippen molar-refractivity contribution >= 4 is 12.6 Å². The Hall–Kier alpha value is -1.15. The summed E-state index contributed by atoms with van der Waals surface area (Å²) in [6, 6.07) is 8.21. The summed E-state index contributed by atoms with van der Waals surface area (Å²) in [6.45, 7) is 12.7. The third kappa shape index (κ3) is 7.22. The van der Waals surface area contributed by atoms with Crippen LogP contribution in [-0.2, 0) is 6.42 Å². The molecule has 0 heterocycles. The Labute approximate surface area is 143 Å². The van der Waals surface area contributed by atoms with E-state index in [9.17, 15) is 0 Å². The highest BCUT2D eigenvalue weighted by molar-refractivity contribution is 7.80. The van der Waals surface area contributed by atoms with Crippen molar-refractivity contribution in [2.75, 3.05) is 0 Å². The van der Waals surface area contributed by atoms with Gasteiger partial charge >= 0.3 is 0 Å². The van der Waals surface area contributed by atoms with E-state index in [1.165, 1.54) is 17.6 Å². The third-order valence-corrected chi connectivity index (χ3v) is 4.21. The molecule has 1 aromatic rings. The highest BCUT2D eigenvalue weighted by Gasteiger charge is 2.21. The Kier molecular flexibility index (Phi) is 10.0. The maximum absolute atomic E-state index is 5.75. The summed E-state index contributed by atoms with van der Waals surface area (Å²) in [7, 11) is 0. The predicted octanol–water partition coefficient (Wildman–Crippen LogP) is 6.16. The summed E-state index contributed by atoms with van der Waals surface area (Å²) in [5.74, 6) is 0. The average Bonchev–Trinajstić information content (AvgIpc) is 2.54. The number of benzene rings is 1. The first kappa shape index (κ1) is 20.9. The van der Waals surface area contributed by atoms with Gasteiger partial charge in [-0.25, -0.2) is 0 Å². The zero-order valence-corrected chi connectivity index (χ0v) is 16.0. The standard InChI is InChI=1S/C10H17N.C8H10S.C2H6/c1-4-10(3)6-5-9(11)8(2)7-10;1-2-7-4-3-5-8(9)6-7;1-2/h5,7H,4,6,11H2,1-3H3;3-6,9H,2H2,1H3;1-2H3. The average molecular weight is 320 g/mol. The monoisotopic (exact) mass is 319 g/mol. The van der Waals surface area contributed by atoms with E-state index < -0.39 is 0 Å². The summed E-state index contributed by atoms with van der Waals surface area (Å²) >= 11 is 4.21. The van der Waals surface area contributed by atoms with Crippen molar-refractivity contribution in [1.82, 2.24) is 0 Å². The van der Waals surface area contributed by atoms with Gasteiger partial charge in [-0.15, -0.1) is 12.6 Å². The zero-order valence-electron chi connectivity index (χ0n) is 15.1. The molecule has 2 N–H and O–H groups in total. The summed E-state index contributed by atoms with van der Waals surface area (Å²) in [5, 5.41) is 0. The van der Waals surface area contributed by atoms with Crippen LogP contribution < -0.4 is 5.73 Å². The van der Waals surface area contributed by atoms with Crippen LogP contribution in [0.4, 0.5) is 0 Å². The van der Waals surface area contributed by atoms with Crippen LogP contribution in [0.1, 0.15) is 59.9 Å². The molecule has 0 aromatic heterocycles. The second-order valence-electron chi connectivity index (χ2n) is 5.72. The Morgan fingerprint density at radius 1 is 1.23 bits per heavy atom. The fraction of sp³-hybridized carbons (Fsp3) is 0.500. The quantitative estimate of drug-likeness (QED) is 0.627. The van der Waals surface area contributed by atoms with Crippen LogP contribution in [0.25, 0.3) is 0 Å². The van der Waals surface area contributed by atoms with Crippen molar-refractivity contribution in [3.63, 3.8) is 0 Å². The molecule has 0 fully saturated rings. The van der Waals surface area contributed by atoms with Crippen LogP contribution in [0.3, 0.4) is 0 Å². The van der Waals surface area contributed by atoms with Crippen LogP contribution in [-0.4, -0.2) is 0 Å². The van der Waals surface area contributed by atoms with Gasteiger partial charge in [0.15, 0.2) is 0 Å². The van der Waals surface area contributed by atoms with E-state index in [0.29, 0.717) is 5.41 Å². The fourth-order valence-electron chi connectivity index (χ4n) is 2.19. The van der Waals surface area contributed by atoms with Gasteiger partial charge in [0.05, 0.1) is 0 Å². The molecule has 124 valence electrons. The van der Waals surface area contributed by atoms with Gasteiger partial charge in [-0.2, -0.15) is 0 Å². The second kappa shape index (κ2) is 10.6. The molecule has 2 heteroatoms. The molecule has 0 aliphatic heterocycles. The highest BCUT2D eigenvalue weighted by atomic mass is 32.1. The molecule has 0 saturated heterocycles. The molecule has 0 amide bonds. The Morgan fingerprint density at radius 2 is 1.86 bits per heavy atom. The van der Waals surface area contributed by atoms with Crippen molar-refractivity contribution in [3.05, 3.63) is 53.3 Å². The maximum atomic E-state index is 5.75. The van der Waals surface area contributed by atoms with Gasteiger partial charge in [0, 0.05) is 10.6 Å². The number of aryl methyl sites for hydroxylation is 1. The lowest BCUT2D eigenvalue weighted by molar-refractivity contribution is 0.408. The van der Waals surface area contributed by atoms with E-state index in [2.05, 4.69) is 64.6 Å². The first-order valence-corrected chi connectivity index (χ1v) is 8.78. The molecule has 0 radical (unpaired) electrons. The number of thiol groups is 1. The van der Waals surface area contributed by atoms with E-state index >= 15 is 0 Å². The first-order valence-electron chi connectivity index (χ1n) is 8.33. The SMILES string of the molecule is CC.CCC1(C)C=C(C)C(N)=CC1.CCc1cccc(S)c1. The molecule has 2 rings (SSSR count). The molecule has 1 atom stereocenters. The minimum atomic E-state index is 0.354. The van der Waals surface area contributed by atoms with Crippen LogP contribution in [0.5, 0.6) is 0 Å². The van der Waals surface area contributed by atoms with Crippen LogP contribution in [0.15, 0.2) is 52.6 Å². The third-order valence-electron chi connectivity index (χ3n) is 3.94. The lowest BCUT2D eigenvalue weighted by atomic mass is 9.79. The molecule has 1 aliphatic carbocycles. The number of nitrogens with two attached hydrogens (primary N) is 1. The van der Waals surface area contributed by atoms with Crippen LogP contribution in [0.2, 0.25) is 0 Å². The molecule has 0 spiro atoms. The Bertz CT molecular complexity index is 502. The molecule has 1 aliphatic rings. The number of allylic oxidation sites excluding steroid dienone is 3. The molecule has 22 heavy (non-hydrogen) atoms. The normalized spacial score (nSPS) is 19.8. The van der Waals surface area contributed by atoms with Gasteiger partial charge in [-0.1, -0.05) is 58.9 Å². The lowest BCUT2D eigenvalue weighted by Gasteiger charge is -2.27. The number of rotatable bonds is 2. The molecule has 1 aromatic carbocycles. The second-order valence-corrected chi connectivity index (χ2v) is 6.24. The van der Waals surface area contributed by atoms with E-state index in [1.807, 2.05) is 26.0 Å². The van der Waals surface area contributed by atoms with Crippen molar-refractivity contribution < 1.29 is 0 Å². The van der Waals surface area contributed by atoms with Gasteiger partial charge in [0.2, 0.25) is 0 Å².